The number of rotatable bonds is 16. The second-order valence-corrected chi connectivity index (χ2v) is 14.4. The largest absolute Gasteiger partial charge is 0.494 e. The van der Waals surface area contributed by atoms with Crippen molar-refractivity contribution >= 4 is 49.2 Å². The van der Waals surface area contributed by atoms with Crippen LogP contribution in [0.3, 0.4) is 0 Å². The van der Waals surface area contributed by atoms with Crippen LogP contribution in [-0.4, -0.2) is 73.5 Å². The van der Waals surface area contributed by atoms with Crippen molar-refractivity contribution in [2.24, 2.45) is 4.99 Å². The third kappa shape index (κ3) is 11.0. The van der Waals surface area contributed by atoms with E-state index in [9.17, 15) is 16.8 Å². The third-order valence-corrected chi connectivity index (χ3v) is 8.61. The number of nitrogens with zero attached hydrogens (tertiary/aromatic N) is 3. The summed E-state index contributed by atoms with van der Waals surface area (Å²) in [4.78, 5) is 11.3. The number of aromatic nitrogens is 1. The minimum atomic E-state index is -3.61. The Morgan fingerprint density at radius 2 is 1.47 bits per heavy atom. The molecule has 13 heteroatoms. The second-order valence-electron chi connectivity index (χ2n) is 10.3. The molecule has 0 fully saturated rings. The summed E-state index contributed by atoms with van der Waals surface area (Å²) in [6.07, 6.45) is 4.72. The first-order valence-corrected chi connectivity index (χ1v) is 18.8. The van der Waals surface area contributed by atoms with Gasteiger partial charge in [-0.15, -0.1) is 11.3 Å². The van der Waals surface area contributed by atoms with E-state index in [4.69, 9.17) is 18.1 Å². The number of hydrogen-bond donors (Lipinski definition) is 0. The minimum absolute atomic E-state index is 0.0835. The molecular formula is C32H37N3O7S3. The van der Waals surface area contributed by atoms with E-state index in [1.165, 1.54) is 0 Å². The van der Waals surface area contributed by atoms with E-state index in [0.29, 0.717) is 6.61 Å². The summed E-state index contributed by atoms with van der Waals surface area (Å²) < 4.78 is 61.0. The molecular weight excluding hydrogens is 635 g/mol. The van der Waals surface area contributed by atoms with Gasteiger partial charge in [-0.25, -0.2) is 4.98 Å². The Labute approximate surface area is 269 Å². The first kappa shape index (κ1) is 34.3. The van der Waals surface area contributed by atoms with Gasteiger partial charge in [0.2, 0.25) is 0 Å². The summed E-state index contributed by atoms with van der Waals surface area (Å²) >= 11 is 1.60. The van der Waals surface area contributed by atoms with Crippen LogP contribution in [0, 0.1) is 6.92 Å². The smallest absolute Gasteiger partial charge is 0.264 e. The van der Waals surface area contributed by atoms with E-state index < -0.39 is 20.2 Å². The van der Waals surface area contributed by atoms with Crippen molar-refractivity contribution < 1.29 is 29.9 Å². The van der Waals surface area contributed by atoms with Crippen LogP contribution < -0.4 is 9.64 Å². The Kier molecular flexibility index (Phi) is 11.9. The van der Waals surface area contributed by atoms with Crippen molar-refractivity contribution in [1.29, 1.82) is 0 Å². The Hall–Kier alpha value is -3.62. The van der Waals surface area contributed by atoms with E-state index in [0.717, 1.165) is 69.0 Å². The summed E-state index contributed by atoms with van der Waals surface area (Å²) in [5.74, 6) is 0.857. The number of anilines is 1. The molecule has 3 aromatic carbocycles. The highest BCUT2D eigenvalue weighted by Crippen LogP contribution is 2.31. The zero-order valence-electron chi connectivity index (χ0n) is 25.7. The van der Waals surface area contributed by atoms with E-state index in [-0.39, 0.29) is 26.3 Å². The lowest BCUT2D eigenvalue weighted by Crippen LogP contribution is -2.32. The van der Waals surface area contributed by atoms with Crippen LogP contribution in [0.5, 0.6) is 5.75 Å². The molecule has 0 aliphatic heterocycles. The lowest BCUT2D eigenvalue weighted by atomic mass is 10.1. The van der Waals surface area contributed by atoms with Crippen LogP contribution in [0.25, 0.3) is 21.8 Å². The van der Waals surface area contributed by atoms with Gasteiger partial charge in [0.1, 0.15) is 10.8 Å². The molecule has 0 N–H and O–H groups in total. The molecule has 0 radical (unpaired) electrons. The SMILES string of the molecule is CCCOc1ccc(-c2nc(-c3ccc(N=Cc4ccc(N(CCOS(C)(=O)=O)CCOS(C)(=O)=O)cc4C)cc3)cs2)cc1. The molecule has 1 heterocycles. The summed E-state index contributed by atoms with van der Waals surface area (Å²) in [5, 5.41) is 2.99. The van der Waals surface area contributed by atoms with Crippen molar-refractivity contribution in [3.8, 4) is 27.6 Å². The molecule has 0 saturated carbocycles. The standard InChI is InChI=1S/C32H37N3O7S3/c1-5-18-40-30-14-9-26(10-15-30)32-34-31(23-43-32)25-6-11-28(12-7-25)33-22-27-8-13-29(21-24(27)2)35(16-19-41-44(3,36)37)17-20-42-45(4,38)39/h6-15,21-23H,5,16-20H2,1-4H3. The summed E-state index contributed by atoms with van der Waals surface area (Å²) in [7, 11) is -7.21. The average Bonchev–Trinajstić information content (AvgIpc) is 3.48. The van der Waals surface area contributed by atoms with E-state index >= 15 is 0 Å². The van der Waals surface area contributed by atoms with Crippen LogP contribution in [0.2, 0.25) is 0 Å². The number of thiazole rings is 1. The molecule has 10 nitrogen and oxygen atoms in total. The van der Waals surface area contributed by atoms with Gasteiger partial charge in [0.05, 0.1) is 43.7 Å². The normalized spacial score (nSPS) is 12.1. The molecule has 1 aromatic heterocycles. The van der Waals surface area contributed by atoms with Gasteiger partial charge in [0.15, 0.2) is 0 Å². The van der Waals surface area contributed by atoms with Crippen LogP contribution in [0.15, 0.2) is 77.1 Å². The zero-order chi connectivity index (χ0) is 32.5. The summed E-state index contributed by atoms with van der Waals surface area (Å²) in [5.41, 5.74) is 6.34. The van der Waals surface area contributed by atoms with Crippen molar-refractivity contribution in [1.82, 2.24) is 4.98 Å². The van der Waals surface area contributed by atoms with Gasteiger partial charge in [-0.1, -0.05) is 25.1 Å². The Balaban J connectivity index is 1.41. The van der Waals surface area contributed by atoms with Crippen molar-refractivity contribution in [3.05, 3.63) is 83.2 Å². The lowest BCUT2D eigenvalue weighted by molar-refractivity contribution is 0.309. The third-order valence-electron chi connectivity index (χ3n) is 6.53. The van der Waals surface area contributed by atoms with E-state index in [1.807, 2.05) is 83.9 Å². The van der Waals surface area contributed by atoms with Crippen LogP contribution >= 0.6 is 11.3 Å². The fourth-order valence-electron chi connectivity index (χ4n) is 4.28. The predicted molar refractivity (Wildman–Crippen MR) is 181 cm³/mol. The Morgan fingerprint density at radius 1 is 0.844 bits per heavy atom. The molecule has 0 atom stereocenters. The number of ether oxygens (including phenoxy) is 1. The van der Waals surface area contributed by atoms with E-state index in [1.54, 1.807) is 17.6 Å². The van der Waals surface area contributed by atoms with Gasteiger partial charge in [-0.3, -0.25) is 13.4 Å². The number of aryl methyl sites for hydroxylation is 1. The molecule has 240 valence electrons. The Bertz CT molecular complexity index is 1770. The van der Waals surface area contributed by atoms with Gasteiger partial charge < -0.3 is 9.64 Å². The molecule has 0 aliphatic rings. The predicted octanol–water partition coefficient (Wildman–Crippen LogP) is 6.08. The first-order valence-electron chi connectivity index (χ1n) is 14.3. The Morgan fingerprint density at radius 3 is 2.04 bits per heavy atom. The molecule has 0 bridgehead atoms. The molecule has 0 amide bonds. The quantitative estimate of drug-likeness (QED) is 0.103. The van der Waals surface area contributed by atoms with Crippen LogP contribution in [0.4, 0.5) is 11.4 Å². The molecule has 45 heavy (non-hydrogen) atoms. The zero-order valence-corrected chi connectivity index (χ0v) is 28.1. The van der Waals surface area contributed by atoms with E-state index in [2.05, 4.69) is 11.9 Å². The maximum absolute atomic E-state index is 11.4. The number of aliphatic imine (C=N–C) groups is 1. The molecule has 0 unspecified atom stereocenters. The first-order chi connectivity index (χ1) is 21.4. The average molecular weight is 672 g/mol. The molecule has 4 aromatic rings. The van der Waals surface area contributed by atoms with Gasteiger partial charge in [0.25, 0.3) is 20.2 Å². The number of hydrogen-bond acceptors (Lipinski definition) is 11. The fourth-order valence-corrected chi connectivity index (χ4v) is 5.87. The maximum atomic E-state index is 11.4. The molecule has 0 aliphatic carbocycles. The van der Waals surface area contributed by atoms with Gasteiger partial charge in [0, 0.05) is 41.5 Å². The summed E-state index contributed by atoms with van der Waals surface area (Å²) in [6, 6.07) is 21.6. The summed E-state index contributed by atoms with van der Waals surface area (Å²) in [6.45, 7) is 5.00. The molecule has 0 spiro atoms. The number of benzene rings is 3. The maximum Gasteiger partial charge on any atom is 0.264 e. The minimum Gasteiger partial charge on any atom is -0.494 e. The molecule has 4 rings (SSSR count). The highest BCUT2D eigenvalue weighted by molar-refractivity contribution is 7.86. The van der Waals surface area contributed by atoms with Gasteiger partial charge in [-0.2, -0.15) is 16.8 Å². The monoisotopic (exact) mass is 671 g/mol. The van der Waals surface area contributed by atoms with Gasteiger partial charge >= 0.3 is 0 Å². The van der Waals surface area contributed by atoms with Crippen molar-refractivity contribution in [2.75, 3.05) is 50.3 Å². The fraction of sp³-hybridized carbons (Fsp3) is 0.312. The van der Waals surface area contributed by atoms with Gasteiger partial charge in [-0.05, 0) is 73.0 Å². The van der Waals surface area contributed by atoms with Crippen LogP contribution in [-0.2, 0) is 28.6 Å². The highest BCUT2D eigenvalue weighted by Gasteiger charge is 2.12. The lowest BCUT2D eigenvalue weighted by Gasteiger charge is -2.25. The molecule has 0 saturated heterocycles. The van der Waals surface area contributed by atoms with Crippen molar-refractivity contribution in [2.45, 2.75) is 20.3 Å². The second kappa shape index (κ2) is 15.6. The van der Waals surface area contributed by atoms with Crippen molar-refractivity contribution in [3.63, 3.8) is 0 Å². The topological polar surface area (TPSA) is 124 Å². The van der Waals surface area contributed by atoms with Crippen LogP contribution in [0.1, 0.15) is 24.5 Å². The highest BCUT2D eigenvalue weighted by atomic mass is 32.2.